The van der Waals surface area contributed by atoms with Gasteiger partial charge in [-0.05, 0) is 34.0 Å². The molecule has 0 amide bonds. The maximum absolute atomic E-state index is 5.65. The van der Waals surface area contributed by atoms with Gasteiger partial charge >= 0.3 is 0 Å². The summed E-state index contributed by atoms with van der Waals surface area (Å²) >= 11 is 0. The highest BCUT2D eigenvalue weighted by Crippen LogP contribution is 2.14. The zero-order valence-corrected chi connectivity index (χ0v) is 9.04. The van der Waals surface area contributed by atoms with Crippen LogP contribution < -0.4 is 11.1 Å². The minimum Gasteiger partial charge on any atom is -0.382 e. The summed E-state index contributed by atoms with van der Waals surface area (Å²) in [5.41, 5.74) is 6.54. The van der Waals surface area contributed by atoms with Gasteiger partial charge in [-0.15, -0.1) is 0 Å². The summed E-state index contributed by atoms with van der Waals surface area (Å²) in [4.78, 5) is 2.16. The molecule has 0 aliphatic rings. The third kappa shape index (κ3) is 3.26. The van der Waals surface area contributed by atoms with Crippen molar-refractivity contribution in [3.63, 3.8) is 0 Å². The molecule has 1 atom stereocenters. The number of aromatic nitrogens is 2. The van der Waals surface area contributed by atoms with Crippen LogP contribution in [0.15, 0.2) is 6.20 Å². The first-order valence-corrected chi connectivity index (χ1v) is 4.79. The topological polar surface area (TPSA) is 70.0 Å². The molecular formula is C9H19N5. The van der Waals surface area contributed by atoms with Crippen LogP contribution >= 0.6 is 0 Å². The molecule has 0 aliphatic heterocycles. The van der Waals surface area contributed by atoms with Gasteiger partial charge in [-0.2, -0.15) is 5.10 Å². The normalized spacial score (nSPS) is 13.1. The second-order valence-electron chi connectivity index (χ2n) is 3.83. The fourth-order valence-corrected chi connectivity index (χ4v) is 1.20. The smallest absolute Gasteiger partial charge is 0.142 e. The standard InChI is InChI=1S/C9H19N5/c1-7(4-5-14(2)3)12-8-6-11-13-9(8)10/h6-7,12H,4-5H2,1-3H3,(H3,10,11,13). The van der Waals surface area contributed by atoms with Crippen LogP contribution in [-0.2, 0) is 0 Å². The molecule has 0 saturated carbocycles. The Balaban J connectivity index is 2.34. The van der Waals surface area contributed by atoms with Gasteiger partial charge in [0.25, 0.3) is 0 Å². The number of rotatable bonds is 5. The van der Waals surface area contributed by atoms with Gasteiger partial charge in [0.15, 0.2) is 0 Å². The van der Waals surface area contributed by atoms with Gasteiger partial charge in [-0.1, -0.05) is 0 Å². The molecule has 1 unspecified atom stereocenters. The monoisotopic (exact) mass is 197 g/mol. The number of hydrogen-bond donors (Lipinski definition) is 3. The fourth-order valence-electron chi connectivity index (χ4n) is 1.20. The molecule has 0 bridgehead atoms. The lowest BCUT2D eigenvalue weighted by molar-refractivity contribution is 0.390. The lowest BCUT2D eigenvalue weighted by Gasteiger charge is -2.16. The number of hydrogen-bond acceptors (Lipinski definition) is 4. The molecule has 5 nitrogen and oxygen atoms in total. The van der Waals surface area contributed by atoms with Crippen LogP contribution in [0.25, 0.3) is 0 Å². The highest BCUT2D eigenvalue weighted by molar-refractivity contribution is 5.60. The quantitative estimate of drug-likeness (QED) is 0.651. The molecule has 1 rings (SSSR count). The van der Waals surface area contributed by atoms with E-state index in [9.17, 15) is 0 Å². The Bertz CT molecular complexity index is 268. The SMILES string of the molecule is CC(CCN(C)C)Nc1cn[nH]c1N. The third-order valence-corrected chi connectivity index (χ3v) is 2.08. The van der Waals surface area contributed by atoms with E-state index in [4.69, 9.17) is 5.73 Å². The number of nitrogens with two attached hydrogens (primary N) is 1. The molecule has 0 saturated heterocycles. The van der Waals surface area contributed by atoms with Crippen molar-refractivity contribution < 1.29 is 0 Å². The summed E-state index contributed by atoms with van der Waals surface area (Å²) in [7, 11) is 4.14. The molecule has 0 spiro atoms. The zero-order chi connectivity index (χ0) is 10.6. The Hall–Kier alpha value is -1.23. The fraction of sp³-hybridized carbons (Fsp3) is 0.667. The molecule has 0 fully saturated rings. The molecule has 1 heterocycles. The first-order valence-electron chi connectivity index (χ1n) is 4.79. The van der Waals surface area contributed by atoms with Crippen LogP contribution in [0.5, 0.6) is 0 Å². The van der Waals surface area contributed by atoms with Crippen molar-refractivity contribution in [3.8, 4) is 0 Å². The van der Waals surface area contributed by atoms with Crippen molar-refractivity contribution in [2.24, 2.45) is 0 Å². The van der Waals surface area contributed by atoms with E-state index in [1.807, 2.05) is 0 Å². The number of H-pyrrole nitrogens is 1. The summed E-state index contributed by atoms with van der Waals surface area (Å²) in [5, 5.41) is 9.84. The first kappa shape index (κ1) is 10.8. The van der Waals surface area contributed by atoms with E-state index in [0.29, 0.717) is 11.9 Å². The average Bonchev–Trinajstić information content (AvgIpc) is 2.49. The molecular weight excluding hydrogens is 178 g/mol. The van der Waals surface area contributed by atoms with Crippen molar-refractivity contribution in [1.82, 2.24) is 15.1 Å². The predicted molar refractivity (Wildman–Crippen MR) is 59.3 cm³/mol. The second-order valence-corrected chi connectivity index (χ2v) is 3.83. The van der Waals surface area contributed by atoms with Gasteiger partial charge < -0.3 is 16.0 Å². The largest absolute Gasteiger partial charge is 0.382 e. The van der Waals surface area contributed by atoms with Gasteiger partial charge in [0, 0.05) is 6.04 Å². The van der Waals surface area contributed by atoms with E-state index in [1.165, 1.54) is 0 Å². The average molecular weight is 197 g/mol. The molecule has 0 aromatic carbocycles. The van der Waals surface area contributed by atoms with Crippen molar-refractivity contribution >= 4 is 11.5 Å². The van der Waals surface area contributed by atoms with E-state index in [-0.39, 0.29) is 0 Å². The van der Waals surface area contributed by atoms with E-state index in [1.54, 1.807) is 6.20 Å². The van der Waals surface area contributed by atoms with Gasteiger partial charge in [-0.3, -0.25) is 5.10 Å². The Kier molecular flexibility index (Phi) is 3.76. The van der Waals surface area contributed by atoms with Crippen LogP contribution in [-0.4, -0.2) is 41.8 Å². The second kappa shape index (κ2) is 4.85. The molecule has 1 aromatic rings. The van der Waals surface area contributed by atoms with E-state index in [0.717, 1.165) is 18.7 Å². The van der Waals surface area contributed by atoms with Crippen LogP contribution in [0.3, 0.4) is 0 Å². The lowest BCUT2D eigenvalue weighted by Crippen LogP contribution is -2.23. The van der Waals surface area contributed by atoms with Crippen LogP contribution in [0, 0.1) is 0 Å². The summed E-state index contributed by atoms with van der Waals surface area (Å²) in [6, 6.07) is 0.400. The molecule has 1 aromatic heterocycles. The maximum atomic E-state index is 5.65. The van der Waals surface area contributed by atoms with E-state index < -0.39 is 0 Å². The van der Waals surface area contributed by atoms with Crippen LogP contribution in [0.2, 0.25) is 0 Å². The number of nitrogens with zero attached hydrogens (tertiary/aromatic N) is 2. The number of anilines is 2. The Morgan fingerprint density at radius 3 is 2.86 bits per heavy atom. The van der Waals surface area contributed by atoms with E-state index in [2.05, 4.69) is 41.4 Å². The van der Waals surface area contributed by atoms with Crippen molar-refractivity contribution in [2.75, 3.05) is 31.7 Å². The molecule has 80 valence electrons. The number of nitrogens with one attached hydrogen (secondary N) is 2. The minimum atomic E-state index is 0.400. The molecule has 5 heteroatoms. The number of nitrogen functional groups attached to an aromatic ring is 1. The van der Waals surface area contributed by atoms with Gasteiger partial charge in [0.05, 0.1) is 11.9 Å². The van der Waals surface area contributed by atoms with Crippen LogP contribution in [0.4, 0.5) is 11.5 Å². The summed E-state index contributed by atoms with van der Waals surface area (Å²) < 4.78 is 0. The first-order chi connectivity index (χ1) is 6.59. The van der Waals surface area contributed by atoms with Gasteiger partial charge in [0.2, 0.25) is 0 Å². The summed E-state index contributed by atoms with van der Waals surface area (Å²) in [6.45, 7) is 3.20. The van der Waals surface area contributed by atoms with Crippen molar-refractivity contribution in [1.29, 1.82) is 0 Å². The summed E-state index contributed by atoms with van der Waals surface area (Å²) in [5.74, 6) is 0.599. The highest BCUT2D eigenvalue weighted by atomic mass is 15.2. The molecule has 0 radical (unpaired) electrons. The minimum absolute atomic E-state index is 0.400. The molecule has 0 aliphatic carbocycles. The van der Waals surface area contributed by atoms with Crippen molar-refractivity contribution in [3.05, 3.63) is 6.20 Å². The molecule has 4 N–H and O–H groups in total. The predicted octanol–water partition coefficient (Wildman–Crippen LogP) is 0.744. The van der Waals surface area contributed by atoms with Gasteiger partial charge in [-0.25, -0.2) is 0 Å². The lowest BCUT2D eigenvalue weighted by atomic mass is 10.2. The Morgan fingerprint density at radius 1 is 1.64 bits per heavy atom. The highest BCUT2D eigenvalue weighted by Gasteiger charge is 2.06. The zero-order valence-electron chi connectivity index (χ0n) is 9.04. The Labute approximate surface area is 84.7 Å². The number of aromatic amines is 1. The van der Waals surface area contributed by atoms with E-state index >= 15 is 0 Å². The van der Waals surface area contributed by atoms with Crippen LogP contribution in [0.1, 0.15) is 13.3 Å². The summed E-state index contributed by atoms with van der Waals surface area (Å²) in [6.07, 6.45) is 2.79. The third-order valence-electron chi connectivity index (χ3n) is 2.08. The maximum Gasteiger partial charge on any atom is 0.142 e. The van der Waals surface area contributed by atoms with Gasteiger partial charge in [0.1, 0.15) is 5.82 Å². The Morgan fingerprint density at radius 2 is 2.36 bits per heavy atom. The molecule has 14 heavy (non-hydrogen) atoms. The van der Waals surface area contributed by atoms with Crippen molar-refractivity contribution in [2.45, 2.75) is 19.4 Å².